The maximum atomic E-state index is 13.3. The molecule has 2 amide bonds. The second-order valence-electron chi connectivity index (χ2n) is 5.40. The second kappa shape index (κ2) is 6.49. The van der Waals surface area contributed by atoms with Crippen molar-refractivity contribution in [2.24, 2.45) is 7.05 Å². The summed E-state index contributed by atoms with van der Waals surface area (Å²) in [6.07, 6.45) is 5.98. The van der Waals surface area contributed by atoms with Crippen molar-refractivity contribution in [3.05, 3.63) is 60.4 Å². The smallest absolute Gasteiger partial charge is 0.307 e. The third-order valence-corrected chi connectivity index (χ3v) is 3.49. The van der Waals surface area contributed by atoms with E-state index in [0.717, 1.165) is 17.3 Å². The van der Waals surface area contributed by atoms with Gasteiger partial charge in [0.15, 0.2) is 0 Å². The molecular formula is C17H16FN5O. The van der Waals surface area contributed by atoms with Crippen molar-refractivity contribution in [3.63, 3.8) is 0 Å². The lowest BCUT2D eigenvalue weighted by molar-refractivity contribution is 0.262. The van der Waals surface area contributed by atoms with Crippen LogP contribution in [-0.2, 0) is 7.05 Å². The van der Waals surface area contributed by atoms with Crippen LogP contribution in [0.15, 0.2) is 49.1 Å². The number of benzene rings is 1. The fourth-order valence-corrected chi connectivity index (χ4v) is 2.28. The number of aromatic nitrogens is 3. The van der Waals surface area contributed by atoms with E-state index in [-0.39, 0.29) is 6.03 Å². The molecule has 1 aromatic carbocycles. The van der Waals surface area contributed by atoms with Gasteiger partial charge in [0.05, 0.1) is 18.1 Å². The predicted molar refractivity (Wildman–Crippen MR) is 90.2 cm³/mol. The first-order chi connectivity index (χ1) is 11.5. The number of nitrogens with one attached hydrogen (secondary N) is 2. The van der Waals surface area contributed by atoms with E-state index in [9.17, 15) is 9.18 Å². The van der Waals surface area contributed by atoms with E-state index in [4.69, 9.17) is 0 Å². The normalized spacial score (nSPS) is 10.5. The van der Waals surface area contributed by atoms with Gasteiger partial charge in [-0.1, -0.05) is 12.1 Å². The maximum Gasteiger partial charge on any atom is 0.323 e. The third kappa shape index (κ3) is 3.57. The summed E-state index contributed by atoms with van der Waals surface area (Å²) in [6, 6.07) is 6.53. The monoisotopic (exact) mass is 325 g/mol. The molecule has 2 N–H and O–H groups in total. The Balaban J connectivity index is 1.80. The van der Waals surface area contributed by atoms with E-state index < -0.39 is 5.82 Å². The zero-order valence-corrected chi connectivity index (χ0v) is 13.2. The Morgan fingerprint density at radius 2 is 1.96 bits per heavy atom. The standard InChI is InChI=1S/C17H16FN5O/c1-11-3-4-12(13-5-14(18)8-19-7-13)6-16(11)22-17(24)21-15-9-20-23(2)10-15/h3-10H,1-2H3,(H2,21,22,24). The minimum absolute atomic E-state index is 0.374. The number of anilines is 2. The van der Waals surface area contributed by atoms with Crippen LogP contribution in [0.5, 0.6) is 0 Å². The molecule has 0 unspecified atom stereocenters. The van der Waals surface area contributed by atoms with Crippen LogP contribution in [0.1, 0.15) is 5.56 Å². The van der Waals surface area contributed by atoms with Gasteiger partial charge in [-0.15, -0.1) is 0 Å². The summed E-state index contributed by atoms with van der Waals surface area (Å²) < 4.78 is 14.9. The fourth-order valence-electron chi connectivity index (χ4n) is 2.28. The average Bonchev–Trinajstić information content (AvgIpc) is 2.94. The molecule has 3 rings (SSSR count). The van der Waals surface area contributed by atoms with Crippen LogP contribution in [0, 0.1) is 12.7 Å². The topological polar surface area (TPSA) is 71.8 Å². The minimum Gasteiger partial charge on any atom is -0.307 e. The van der Waals surface area contributed by atoms with E-state index in [1.807, 2.05) is 19.1 Å². The summed E-state index contributed by atoms with van der Waals surface area (Å²) in [5, 5.41) is 9.48. The first kappa shape index (κ1) is 15.7. The number of carbonyl (C=O) groups is 1. The summed E-state index contributed by atoms with van der Waals surface area (Å²) in [6.45, 7) is 1.88. The Bertz CT molecular complexity index is 890. The van der Waals surface area contributed by atoms with Gasteiger partial charge in [-0.25, -0.2) is 9.18 Å². The number of rotatable bonds is 3. The van der Waals surface area contributed by atoms with E-state index in [1.165, 1.54) is 6.07 Å². The molecule has 0 aliphatic carbocycles. The second-order valence-corrected chi connectivity index (χ2v) is 5.40. The molecular weight excluding hydrogens is 309 g/mol. The molecule has 7 heteroatoms. The van der Waals surface area contributed by atoms with Gasteiger partial charge in [0.2, 0.25) is 0 Å². The van der Waals surface area contributed by atoms with E-state index >= 15 is 0 Å². The Kier molecular flexibility index (Phi) is 4.24. The number of amides is 2. The highest BCUT2D eigenvalue weighted by Gasteiger charge is 2.08. The van der Waals surface area contributed by atoms with E-state index in [0.29, 0.717) is 16.9 Å². The zero-order chi connectivity index (χ0) is 17.1. The first-order valence-corrected chi connectivity index (χ1v) is 7.29. The Morgan fingerprint density at radius 3 is 2.67 bits per heavy atom. The average molecular weight is 325 g/mol. The van der Waals surface area contributed by atoms with Gasteiger partial charge in [0.1, 0.15) is 5.82 Å². The SMILES string of the molecule is Cc1ccc(-c2cncc(F)c2)cc1NC(=O)Nc1cnn(C)c1. The number of pyridine rings is 1. The van der Waals surface area contributed by atoms with Gasteiger partial charge < -0.3 is 10.6 Å². The Labute approximate surface area is 138 Å². The molecule has 122 valence electrons. The molecule has 3 aromatic rings. The number of nitrogens with zero attached hydrogens (tertiary/aromatic N) is 3. The molecule has 0 saturated heterocycles. The van der Waals surface area contributed by atoms with Crippen LogP contribution in [0.25, 0.3) is 11.1 Å². The van der Waals surface area contributed by atoms with Crippen LogP contribution in [0.2, 0.25) is 0 Å². The highest BCUT2D eigenvalue weighted by molar-refractivity contribution is 6.00. The van der Waals surface area contributed by atoms with Gasteiger partial charge in [-0.3, -0.25) is 9.67 Å². The fraction of sp³-hybridized carbons (Fsp3) is 0.118. The van der Waals surface area contributed by atoms with Crippen molar-refractivity contribution in [2.45, 2.75) is 6.92 Å². The highest BCUT2D eigenvalue weighted by Crippen LogP contribution is 2.25. The zero-order valence-electron chi connectivity index (χ0n) is 13.2. The van der Waals surface area contributed by atoms with Crippen molar-refractivity contribution < 1.29 is 9.18 Å². The number of urea groups is 1. The number of aryl methyl sites for hydroxylation is 2. The molecule has 2 heterocycles. The van der Waals surface area contributed by atoms with Crippen LogP contribution in [0.4, 0.5) is 20.6 Å². The molecule has 0 atom stereocenters. The lowest BCUT2D eigenvalue weighted by atomic mass is 10.0. The summed E-state index contributed by atoms with van der Waals surface area (Å²) >= 11 is 0. The van der Waals surface area contributed by atoms with E-state index in [2.05, 4.69) is 20.7 Å². The van der Waals surface area contributed by atoms with Crippen molar-refractivity contribution in [3.8, 4) is 11.1 Å². The summed E-state index contributed by atoms with van der Waals surface area (Å²) in [4.78, 5) is 16.0. The summed E-state index contributed by atoms with van der Waals surface area (Å²) in [5.41, 5.74) is 3.54. The molecule has 6 nitrogen and oxygen atoms in total. The molecule has 0 bridgehead atoms. The van der Waals surface area contributed by atoms with Gasteiger partial charge in [-0.2, -0.15) is 5.10 Å². The molecule has 0 fully saturated rings. The van der Waals surface area contributed by atoms with Gasteiger partial charge in [0.25, 0.3) is 0 Å². The highest BCUT2D eigenvalue weighted by atomic mass is 19.1. The number of halogens is 1. The number of hydrogen-bond acceptors (Lipinski definition) is 3. The van der Waals surface area contributed by atoms with Crippen LogP contribution in [-0.4, -0.2) is 20.8 Å². The largest absolute Gasteiger partial charge is 0.323 e. The molecule has 0 saturated carbocycles. The van der Waals surface area contributed by atoms with Gasteiger partial charge >= 0.3 is 6.03 Å². The van der Waals surface area contributed by atoms with Crippen molar-refractivity contribution in [1.82, 2.24) is 14.8 Å². The lowest BCUT2D eigenvalue weighted by Crippen LogP contribution is -2.19. The molecule has 0 radical (unpaired) electrons. The number of carbonyl (C=O) groups excluding carboxylic acids is 1. The first-order valence-electron chi connectivity index (χ1n) is 7.29. The third-order valence-electron chi connectivity index (χ3n) is 3.49. The Morgan fingerprint density at radius 1 is 1.12 bits per heavy atom. The minimum atomic E-state index is -0.406. The lowest BCUT2D eigenvalue weighted by Gasteiger charge is -2.11. The van der Waals surface area contributed by atoms with Crippen LogP contribution < -0.4 is 10.6 Å². The van der Waals surface area contributed by atoms with Gasteiger partial charge in [-0.05, 0) is 30.2 Å². The van der Waals surface area contributed by atoms with Crippen molar-refractivity contribution >= 4 is 17.4 Å². The Hall–Kier alpha value is -3.22. The van der Waals surface area contributed by atoms with E-state index in [1.54, 1.807) is 36.4 Å². The van der Waals surface area contributed by atoms with Crippen LogP contribution in [0.3, 0.4) is 0 Å². The molecule has 0 aliphatic rings. The van der Waals surface area contributed by atoms with Crippen LogP contribution >= 0.6 is 0 Å². The molecule has 0 spiro atoms. The summed E-state index contributed by atoms with van der Waals surface area (Å²) in [5.74, 6) is -0.406. The number of hydrogen-bond donors (Lipinski definition) is 2. The predicted octanol–water partition coefficient (Wildman–Crippen LogP) is 3.57. The van der Waals surface area contributed by atoms with Crippen molar-refractivity contribution in [1.29, 1.82) is 0 Å². The van der Waals surface area contributed by atoms with Gasteiger partial charge in [0, 0.05) is 30.7 Å². The molecule has 2 aromatic heterocycles. The van der Waals surface area contributed by atoms with Crippen molar-refractivity contribution in [2.75, 3.05) is 10.6 Å². The maximum absolute atomic E-state index is 13.3. The molecule has 24 heavy (non-hydrogen) atoms. The summed E-state index contributed by atoms with van der Waals surface area (Å²) in [7, 11) is 1.77. The molecule has 0 aliphatic heterocycles. The quantitative estimate of drug-likeness (QED) is 0.773.